The Bertz CT molecular complexity index is 776. The molecule has 1 aromatic heterocycles. The number of sulfone groups is 1. The highest BCUT2D eigenvalue weighted by Crippen LogP contribution is 2.34. The molecular weight excluding hydrogens is 366 g/mol. The molecule has 3 rings (SSSR count). The molecule has 0 bridgehead atoms. The molecule has 1 aromatic rings. The van der Waals surface area contributed by atoms with E-state index in [2.05, 4.69) is 15.2 Å². The third kappa shape index (κ3) is 4.79. The monoisotopic (exact) mass is 395 g/mol. The normalized spacial score (nSPS) is 23.1. The highest BCUT2D eigenvalue weighted by Gasteiger charge is 2.37. The molecule has 0 amide bonds. The minimum atomic E-state index is -3.45. The zero-order chi connectivity index (χ0) is 19.8. The number of rotatable bonds is 8. The molecule has 1 heterocycles. The minimum absolute atomic E-state index is 0.0871. The van der Waals surface area contributed by atoms with Gasteiger partial charge in [0.15, 0.2) is 14.9 Å². The number of hydrogen-bond acceptors (Lipinski definition) is 6. The molecule has 0 saturated heterocycles. The summed E-state index contributed by atoms with van der Waals surface area (Å²) in [6, 6.07) is 3.85. The second kappa shape index (κ2) is 7.39. The van der Waals surface area contributed by atoms with E-state index in [0.717, 1.165) is 25.1 Å². The molecule has 8 heteroatoms. The Hall–Kier alpha value is -1.67. The molecule has 0 aromatic carbocycles. The highest BCUT2D eigenvalue weighted by molar-refractivity contribution is 7.92. The topological polar surface area (TPSA) is 99.6 Å². The maximum atomic E-state index is 12.4. The van der Waals surface area contributed by atoms with E-state index < -0.39 is 20.6 Å². The van der Waals surface area contributed by atoms with Crippen molar-refractivity contribution in [1.82, 2.24) is 9.88 Å². The maximum absolute atomic E-state index is 12.4. The molecule has 0 radical (unpaired) electrons. The second-order valence-electron chi connectivity index (χ2n) is 8.73. The number of aliphatic carboxylic acids is 1. The Morgan fingerprint density at radius 3 is 2.44 bits per heavy atom. The molecule has 2 aliphatic carbocycles. The predicted octanol–water partition coefficient (Wildman–Crippen LogP) is 2.39. The smallest absolute Gasteiger partial charge is 0.317 e. The van der Waals surface area contributed by atoms with Crippen LogP contribution < -0.4 is 5.32 Å². The number of pyridine rings is 1. The third-order valence-corrected chi connectivity index (χ3v) is 7.75. The van der Waals surface area contributed by atoms with Gasteiger partial charge in [-0.15, -0.1) is 0 Å². The molecule has 150 valence electrons. The quantitative estimate of drug-likeness (QED) is 0.697. The lowest BCUT2D eigenvalue weighted by molar-refractivity contribution is -0.139. The molecule has 7 nitrogen and oxygen atoms in total. The minimum Gasteiger partial charge on any atom is -0.480 e. The van der Waals surface area contributed by atoms with Crippen LogP contribution >= 0.6 is 0 Å². The zero-order valence-electron chi connectivity index (χ0n) is 16.2. The first-order valence-corrected chi connectivity index (χ1v) is 11.0. The van der Waals surface area contributed by atoms with E-state index in [1.54, 1.807) is 39.1 Å². The lowest BCUT2D eigenvalue weighted by Gasteiger charge is -2.43. The van der Waals surface area contributed by atoms with Crippen LogP contribution in [0.4, 0.5) is 5.69 Å². The van der Waals surface area contributed by atoms with E-state index in [-0.39, 0.29) is 17.6 Å². The van der Waals surface area contributed by atoms with E-state index in [0.29, 0.717) is 12.0 Å². The standard InChI is InChI=1S/C19H29N3O4S/c1-19(2,3)27(25,26)17-7-6-14(10-20-17)21-15-8-16(9-15)22(12-18(23)24)11-13-4-5-13/h6-7,10,13,15-16,21H,4-5,8-9,11-12H2,1-3H3,(H,23,24). The molecule has 2 saturated carbocycles. The van der Waals surface area contributed by atoms with Gasteiger partial charge in [0.2, 0.25) is 0 Å². The van der Waals surface area contributed by atoms with E-state index >= 15 is 0 Å². The SMILES string of the molecule is CC(C)(C)S(=O)(=O)c1ccc(NC2CC(N(CC(=O)O)CC3CC3)C2)cn1. The first-order valence-electron chi connectivity index (χ1n) is 9.49. The number of aromatic nitrogens is 1. The van der Waals surface area contributed by atoms with Gasteiger partial charge in [-0.25, -0.2) is 13.4 Å². The summed E-state index contributed by atoms with van der Waals surface area (Å²) in [5, 5.41) is 12.6. The molecule has 27 heavy (non-hydrogen) atoms. The van der Waals surface area contributed by atoms with Crippen LogP contribution in [-0.4, -0.2) is 59.3 Å². The van der Waals surface area contributed by atoms with Gasteiger partial charge in [-0.3, -0.25) is 9.69 Å². The van der Waals surface area contributed by atoms with Crippen molar-refractivity contribution in [3.63, 3.8) is 0 Å². The van der Waals surface area contributed by atoms with Crippen molar-refractivity contribution in [1.29, 1.82) is 0 Å². The zero-order valence-corrected chi connectivity index (χ0v) is 17.0. The van der Waals surface area contributed by atoms with E-state index in [1.807, 2.05) is 0 Å². The van der Waals surface area contributed by atoms with Crippen molar-refractivity contribution in [2.75, 3.05) is 18.4 Å². The van der Waals surface area contributed by atoms with E-state index in [4.69, 9.17) is 5.11 Å². The summed E-state index contributed by atoms with van der Waals surface area (Å²) in [5.41, 5.74) is 0.790. The molecule has 2 N–H and O–H groups in total. The average molecular weight is 396 g/mol. The summed E-state index contributed by atoms with van der Waals surface area (Å²) in [6.45, 7) is 5.97. The van der Waals surface area contributed by atoms with Crippen LogP contribution in [0.15, 0.2) is 23.4 Å². The molecule has 0 spiro atoms. The highest BCUT2D eigenvalue weighted by atomic mass is 32.2. The fourth-order valence-corrected chi connectivity index (χ4v) is 4.39. The van der Waals surface area contributed by atoms with Gasteiger partial charge in [0.25, 0.3) is 0 Å². The lowest BCUT2D eigenvalue weighted by atomic mass is 9.85. The fourth-order valence-electron chi connectivity index (χ4n) is 3.33. The number of nitrogens with zero attached hydrogens (tertiary/aromatic N) is 2. The second-order valence-corrected chi connectivity index (χ2v) is 11.4. The molecule has 0 unspecified atom stereocenters. The van der Waals surface area contributed by atoms with Gasteiger partial charge in [-0.05, 0) is 64.5 Å². The Morgan fingerprint density at radius 1 is 1.30 bits per heavy atom. The van der Waals surface area contributed by atoms with E-state index in [1.165, 1.54) is 12.8 Å². The van der Waals surface area contributed by atoms with Crippen molar-refractivity contribution >= 4 is 21.5 Å². The lowest BCUT2D eigenvalue weighted by Crippen LogP contribution is -2.52. The Balaban J connectivity index is 1.54. The van der Waals surface area contributed by atoms with Crippen LogP contribution in [0.1, 0.15) is 46.5 Å². The summed E-state index contributed by atoms with van der Waals surface area (Å²) >= 11 is 0. The predicted molar refractivity (Wildman–Crippen MR) is 104 cm³/mol. The van der Waals surface area contributed by atoms with Gasteiger partial charge in [-0.2, -0.15) is 0 Å². The van der Waals surface area contributed by atoms with Crippen molar-refractivity contribution in [3.05, 3.63) is 18.3 Å². The summed E-state index contributed by atoms with van der Waals surface area (Å²) < 4.78 is 24.0. The number of carboxylic acids is 1. The van der Waals surface area contributed by atoms with Gasteiger partial charge in [0.1, 0.15) is 0 Å². The molecule has 0 aliphatic heterocycles. The van der Waals surface area contributed by atoms with Crippen LogP contribution in [0.25, 0.3) is 0 Å². The summed E-state index contributed by atoms with van der Waals surface area (Å²) in [4.78, 5) is 17.3. The van der Waals surface area contributed by atoms with Crippen LogP contribution in [-0.2, 0) is 14.6 Å². The first kappa shape index (κ1) is 20.1. The van der Waals surface area contributed by atoms with Crippen molar-refractivity contribution in [3.8, 4) is 0 Å². The molecule has 2 aliphatic rings. The van der Waals surface area contributed by atoms with Crippen molar-refractivity contribution in [2.45, 2.75) is 68.3 Å². The third-order valence-electron chi connectivity index (χ3n) is 5.35. The van der Waals surface area contributed by atoms with Gasteiger partial charge in [-0.1, -0.05) is 0 Å². The fraction of sp³-hybridized carbons (Fsp3) is 0.684. The van der Waals surface area contributed by atoms with Gasteiger partial charge in [0, 0.05) is 18.6 Å². The van der Waals surface area contributed by atoms with Crippen LogP contribution in [0, 0.1) is 5.92 Å². The van der Waals surface area contributed by atoms with Crippen LogP contribution in [0.5, 0.6) is 0 Å². The Kier molecular flexibility index (Phi) is 5.49. The van der Waals surface area contributed by atoms with Gasteiger partial charge in [0.05, 0.1) is 23.2 Å². The average Bonchev–Trinajstić information content (AvgIpc) is 3.33. The number of hydrogen-bond donors (Lipinski definition) is 2. The Morgan fingerprint density at radius 2 is 1.96 bits per heavy atom. The number of anilines is 1. The molecule has 0 atom stereocenters. The van der Waals surface area contributed by atoms with Crippen LogP contribution in [0.3, 0.4) is 0 Å². The summed E-state index contributed by atoms with van der Waals surface area (Å²) in [7, 11) is -3.45. The summed E-state index contributed by atoms with van der Waals surface area (Å²) in [6.07, 6.45) is 5.76. The van der Waals surface area contributed by atoms with Crippen LogP contribution in [0.2, 0.25) is 0 Å². The Labute approximate surface area is 161 Å². The first-order chi connectivity index (χ1) is 12.6. The van der Waals surface area contributed by atoms with Gasteiger partial charge < -0.3 is 10.4 Å². The maximum Gasteiger partial charge on any atom is 0.317 e. The van der Waals surface area contributed by atoms with Gasteiger partial charge >= 0.3 is 5.97 Å². The summed E-state index contributed by atoms with van der Waals surface area (Å²) in [5.74, 6) is -0.107. The largest absolute Gasteiger partial charge is 0.480 e. The van der Waals surface area contributed by atoms with Crippen molar-refractivity contribution in [2.24, 2.45) is 5.92 Å². The van der Waals surface area contributed by atoms with Crippen molar-refractivity contribution < 1.29 is 18.3 Å². The number of carboxylic acid groups (broad SMARTS) is 1. The van der Waals surface area contributed by atoms with E-state index in [9.17, 15) is 13.2 Å². The number of carbonyl (C=O) groups is 1. The molecule has 2 fully saturated rings. The number of nitrogens with one attached hydrogen (secondary N) is 1. The molecular formula is C19H29N3O4S.